The number of aldehydes is 1. The second-order valence-electron chi connectivity index (χ2n) is 11.3. The Morgan fingerprint density at radius 1 is 0.557 bits per heavy atom. The molecule has 6 heteroatoms. The number of allylic oxidation sites excluding steroid dienone is 1. The molecule has 4 aromatic rings. The van der Waals surface area contributed by atoms with Crippen LogP contribution in [0.25, 0.3) is 6.08 Å². The van der Waals surface area contributed by atoms with Crippen LogP contribution in [0.3, 0.4) is 0 Å². The first kappa shape index (κ1) is 74.1. The minimum Gasteiger partial charge on any atom is -0.328 e. The highest BCUT2D eigenvalue weighted by Gasteiger charge is 2.03. The first-order valence-corrected chi connectivity index (χ1v) is 23.3. The van der Waals surface area contributed by atoms with Gasteiger partial charge in [-0.2, -0.15) is 0 Å². The Morgan fingerprint density at radius 3 is 1.11 bits per heavy atom. The molecular formula is C55H99N3O3. The lowest BCUT2D eigenvalue weighted by atomic mass is 10.0. The van der Waals surface area contributed by atoms with Gasteiger partial charge in [0.05, 0.1) is 4.92 Å². The lowest BCUT2D eigenvalue weighted by Gasteiger charge is -2.11. The molecule has 0 bridgehead atoms. The minimum absolute atomic E-state index is 0.161. The predicted molar refractivity (Wildman–Crippen MR) is 281 cm³/mol. The molecule has 0 saturated heterocycles. The van der Waals surface area contributed by atoms with E-state index in [1.807, 2.05) is 187 Å². The molecule has 2 atom stereocenters. The van der Waals surface area contributed by atoms with Crippen LogP contribution in [-0.2, 0) is 12.8 Å². The van der Waals surface area contributed by atoms with Crippen molar-refractivity contribution < 1.29 is 9.72 Å². The van der Waals surface area contributed by atoms with Crippen LogP contribution in [0.15, 0.2) is 103 Å². The number of likely N-dealkylation sites (N-methyl/N-ethyl adjacent to an activating group) is 1. The SMILES string of the molecule is C/C(=C\c1ccccc1C)[N+](=O)[O-].CC.CC.CC.CC.CC.CC.CC.CC.CNC(C)Cc1ccccc1C.Cc1ccccc1C=O.Cc1ccccc1CC(C)N. The molecule has 0 spiro atoms. The van der Waals surface area contributed by atoms with Gasteiger partial charge in [0.15, 0.2) is 0 Å². The number of nitrogens with zero attached hydrogens (tertiary/aromatic N) is 1. The Morgan fingerprint density at radius 2 is 0.852 bits per heavy atom. The molecule has 4 rings (SSSR count). The van der Waals surface area contributed by atoms with Crippen molar-refractivity contribution in [3.05, 3.63) is 157 Å². The molecule has 2 unspecified atom stereocenters. The number of aryl methyl sites for hydroxylation is 4. The van der Waals surface area contributed by atoms with Crippen LogP contribution >= 0.6 is 0 Å². The van der Waals surface area contributed by atoms with E-state index in [4.69, 9.17) is 5.73 Å². The zero-order valence-corrected chi connectivity index (χ0v) is 44.2. The molecule has 0 aliphatic carbocycles. The van der Waals surface area contributed by atoms with Gasteiger partial charge in [-0.15, -0.1) is 0 Å². The molecule has 0 amide bonds. The quantitative estimate of drug-likeness (QED) is 0.105. The van der Waals surface area contributed by atoms with E-state index in [1.165, 1.54) is 29.2 Å². The molecule has 0 aliphatic rings. The highest BCUT2D eigenvalue weighted by Crippen LogP contribution is 2.12. The van der Waals surface area contributed by atoms with Gasteiger partial charge in [-0.05, 0) is 100 Å². The standard InChI is InChI=1S/C11H17N.C10H11NO2.C10H15N.C8H8O.8C2H6/c1-9-6-4-5-7-11(9)8-10(2)12-3;1-8-5-3-4-6-10(8)7-9(2)11(12)13;1-8-5-3-4-6-10(8)7-9(2)11;1-7-4-2-3-5-8(7)6-9;8*1-2/h4-7,10,12H,8H2,1-3H3;3-7H,1-2H3;3-6,9H,7,11H2,1-2H3;2-6H,1H3;8*1-2H3/b;9-7+;;;;;;;;;;. The number of hydrogen-bond acceptors (Lipinski definition) is 5. The maximum atomic E-state index is 10.4. The average molecular weight is 850 g/mol. The van der Waals surface area contributed by atoms with Crippen molar-refractivity contribution in [1.29, 1.82) is 0 Å². The van der Waals surface area contributed by atoms with Crippen molar-refractivity contribution >= 4 is 12.4 Å². The summed E-state index contributed by atoms with van der Waals surface area (Å²) >= 11 is 0. The summed E-state index contributed by atoms with van der Waals surface area (Å²) in [7, 11) is 2.00. The third kappa shape index (κ3) is 45.0. The van der Waals surface area contributed by atoms with Crippen LogP contribution in [-0.4, -0.2) is 30.3 Å². The van der Waals surface area contributed by atoms with E-state index in [9.17, 15) is 14.9 Å². The van der Waals surface area contributed by atoms with Crippen LogP contribution in [0.1, 0.15) is 181 Å². The van der Waals surface area contributed by atoms with Crippen molar-refractivity contribution in [1.82, 2.24) is 5.32 Å². The molecule has 6 nitrogen and oxygen atoms in total. The van der Waals surface area contributed by atoms with Gasteiger partial charge in [0.1, 0.15) is 6.29 Å². The molecule has 352 valence electrons. The number of carbonyl (C=O) groups is 1. The number of nitro groups is 1. The van der Waals surface area contributed by atoms with Crippen LogP contribution < -0.4 is 11.1 Å². The Kier molecular flexibility index (Phi) is 72.8. The fraction of sp³-hybridized carbons (Fsp3) is 0.509. The molecule has 61 heavy (non-hydrogen) atoms. The Balaban J connectivity index is -0.0000000923. The van der Waals surface area contributed by atoms with Gasteiger partial charge < -0.3 is 11.1 Å². The summed E-state index contributed by atoms with van der Waals surface area (Å²) in [5.74, 6) is 0. The van der Waals surface area contributed by atoms with Crippen molar-refractivity contribution in [2.45, 2.75) is 184 Å². The second-order valence-corrected chi connectivity index (χ2v) is 11.3. The molecule has 0 aliphatic heterocycles. The minimum atomic E-state index is -0.383. The third-order valence-corrected chi connectivity index (χ3v) is 7.24. The van der Waals surface area contributed by atoms with Crippen molar-refractivity contribution in [2.24, 2.45) is 5.73 Å². The maximum absolute atomic E-state index is 10.4. The zero-order valence-electron chi connectivity index (χ0n) is 44.2. The van der Waals surface area contributed by atoms with E-state index in [0.717, 1.165) is 41.4 Å². The van der Waals surface area contributed by atoms with E-state index >= 15 is 0 Å². The van der Waals surface area contributed by atoms with Gasteiger partial charge in [0.25, 0.3) is 0 Å². The van der Waals surface area contributed by atoms with Crippen LogP contribution in [0.5, 0.6) is 0 Å². The highest BCUT2D eigenvalue weighted by atomic mass is 16.6. The summed E-state index contributed by atoms with van der Waals surface area (Å²) < 4.78 is 0. The van der Waals surface area contributed by atoms with Gasteiger partial charge >= 0.3 is 0 Å². The van der Waals surface area contributed by atoms with E-state index in [0.29, 0.717) is 6.04 Å². The van der Waals surface area contributed by atoms with Crippen molar-refractivity contribution in [3.8, 4) is 0 Å². The lowest BCUT2D eigenvalue weighted by molar-refractivity contribution is -0.422. The Hall–Kier alpha value is -4.39. The molecule has 0 radical (unpaired) electrons. The second kappa shape index (κ2) is 59.9. The molecule has 3 N–H and O–H groups in total. The first-order chi connectivity index (χ1) is 29.4. The maximum Gasteiger partial charge on any atom is 0.243 e. The fourth-order valence-electron chi connectivity index (χ4n) is 4.20. The molecular weight excluding hydrogens is 751 g/mol. The zero-order chi connectivity index (χ0) is 49.8. The molecule has 4 aromatic carbocycles. The van der Waals surface area contributed by atoms with Gasteiger partial charge in [-0.3, -0.25) is 14.9 Å². The molecule has 0 saturated carbocycles. The van der Waals surface area contributed by atoms with Gasteiger partial charge in [-0.1, -0.05) is 208 Å². The Bertz CT molecular complexity index is 1500. The number of benzene rings is 4. The normalized spacial score (nSPS) is 9.43. The summed E-state index contributed by atoms with van der Waals surface area (Å²) in [5.41, 5.74) is 15.1. The number of nitrogens with two attached hydrogens (primary N) is 1. The molecule has 0 fully saturated rings. The van der Waals surface area contributed by atoms with Crippen LogP contribution in [0, 0.1) is 37.8 Å². The van der Waals surface area contributed by atoms with Crippen molar-refractivity contribution in [2.75, 3.05) is 7.05 Å². The fourth-order valence-corrected chi connectivity index (χ4v) is 4.20. The number of hydrogen-bond donors (Lipinski definition) is 2. The van der Waals surface area contributed by atoms with Crippen LogP contribution in [0.2, 0.25) is 0 Å². The predicted octanol–water partition coefficient (Wildman–Crippen LogP) is 16.7. The summed E-state index contributed by atoms with van der Waals surface area (Å²) in [6.07, 6.45) is 4.54. The van der Waals surface area contributed by atoms with Gasteiger partial charge in [0.2, 0.25) is 5.70 Å². The molecule has 0 aromatic heterocycles. The summed E-state index contributed by atoms with van der Waals surface area (Å²) in [6, 6.07) is 32.8. The number of carbonyl (C=O) groups excluding carboxylic acids is 1. The smallest absolute Gasteiger partial charge is 0.243 e. The Labute approximate surface area is 380 Å². The largest absolute Gasteiger partial charge is 0.328 e. The lowest BCUT2D eigenvalue weighted by Crippen LogP contribution is -2.23. The van der Waals surface area contributed by atoms with E-state index in [-0.39, 0.29) is 16.7 Å². The van der Waals surface area contributed by atoms with Crippen LogP contribution in [0.4, 0.5) is 0 Å². The van der Waals surface area contributed by atoms with E-state index in [2.05, 4.69) is 74.6 Å². The average Bonchev–Trinajstić information content (AvgIpc) is 3.32. The monoisotopic (exact) mass is 850 g/mol. The van der Waals surface area contributed by atoms with E-state index in [1.54, 1.807) is 6.08 Å². The topological polar surface area (TPSA) is 98.3 Å². The summed E-state index contributed by atoms with van der Waals surface area (Å²) in [6.45, 7) is 45.9. The molecule has 0 heterocycles. The first-order valence-electron chi connectivity index (χ1n) is 23.3. The number of nitrogens with one attached hydrogen (secondary N) is 1. The highest BCUT2D eigenvalue weighted by molar-refractivity contribution is 5.76. The summed E-state index contributed by atoms with van der Waals surface area (Å²) in [4.78, 5) is 20.2. The van der Waals surface area contributed by atoms with E-state index < -0.39 is 0 Å². The summed E-state index contributed by atoms with van der Waals surface area (Å²) in [5, 5.41) is 13.6. The number of rotatable bonds is 8. The van der Waals surface area contributed by atoms with Crippen molar-refractivity contribution in [3.63, 3.8) is 0 Å². The third-order valence-electron chi connectivity index (χ3n) is 7.24. The van der Waals surface area contributed by atoms with Gasteiger partial charge in [-0.25, -0.2) is 0 Å². The van der Waals surface area contributed by atoms with Gasteiger partial charge in [0, 0.05) is 30.6 Å².